The molecule has 0 spiro atoms. The predicted octanol–water partition coefficient (Wildman–Crippen LogP) is 5.40. The van der Waals surface area contributed by atoms with Crippen LogP contribution in [0.3, 0.4) is 0 Å². The third-order valence-electron chi connectivity index (χ3n) is 2.40. The normalized spacial score (nSPS) is 10.8. The lowest BCUT2D eigenvalue weighted by Crippen LogP contribution is -2.02. The van der Waals surface area contributed by atoms with Crippen molar-refractivity contribution in [3.8, 4) is 16.9 Å². The lowest BCUT2D eigenvalue weighted by atomic mass is 10.0. The standard InChI is InChI=1S/C13H7Cl2F3O/c14-9-2-1-3-10(15)12(9)8-6-7(19-13(17)18)4-5-11(8)16/h1-6,13H. The maximum absolute atomic E-state index is 13.8. The van der Waals surface area contributed by atoms with Crippen LogP contribution in [0.15, 0.2) is 36.4 Å². The summed E-state index contributed by atoms with van der Waals surface area (Å²) in [5.41, 5.74) is 0.247. The van der Waals surface area contributed by atoms with Gasteiger partial charge in [-0.25, -0.2) is 4.39 Å². The molecule has 0 aromatic heterocycles. The smallest absolute Gasteiger partial charge is 0.387 e. The molecule has 0 aliphatic rings. The van der Waals surface area contributed by atoms with Crippen LogP contribution in [0.2, 0.25) is 10.0 Å². The Hall–Kier alpha value is -1.39. The van der Waals surface area contributed by atoms with Crippen LogP contribution in [0.5, 0.6) is 5.75 Å². The van der Waals surface area contributed by atoms with Crippen molar-refractivity contribution >= 4 is 23.2 Å². The molecular weight excluding hydrogens is 300 g/mol. The molecule has 0 unspecified atom stereocenters. The lowest BCUT2D eigenvalue weighted by Gasteiger charge is -2.11. The molecule has 0 bridgehead atoms. The topological polar surface area (TPSA) is 9.23 Å². The van der Waals surface area contributed by atoms with Gasteiger partial charge in [-0.1, -0.05) is 29.3 Å². The molecule has 0 amide bonds. The van der Waals surface area contributed by atoms with Gasteiger partial charge in [-0.15, -0.1) is 0 Å². The Morgan fingerprint density at radius 2 is 1.63 bits per heavy atom. The fourth-order valence-corrected chi connectivity index (χ4v) is 2.23. The van der Waals surface area contributed by atoms with Gasteiger partial charge in [-0.3, -0.25) is 0 Å². The highest BCUT2D eigenvalue weighted by Gasteiger charge is 2.15. The highest BCUT2D eigenvalue weighted by Crippen LogP contribution is 2.37. The van der Waals surface area contributed by atoms with Gasteiger partial charge in [0.2, 0.25) is 0 Å². The first kappa shape index (κ1) is 14.0. The van der Waals surface area contributed by atoms with Gasteiger partial charge in [0.25, 0.3) is 0 Å². The van der Waals surface area contributed by atoms with Crippen molar-refractivity contribution in [3.63, 3.8) is 0 Å². The summed E-state index contributed by atoms with van der Waals surface area (Å²) in [6.07, 6.45) is 0. The molecule has 2 rings (SSSR count). The number of benzene rings is 2. The van der Waals surface area contributed by atoms with Gasteiger partial charge < -0.3 is 4.74 Å². The molecule has 0 fully saturated rings. The third kappa shape index (κ3) is 3.14. The number of alkyl halides is 2. The maximum atomic E-state index is 13.8. The van der Waals surface area contributed by atoms with Gasteiger partial charge in [0, 0.05) is 21.2 Å². The Bertz CT molecular complexity index is 582. The summed E-state index contributed by atoms with van der Waals surface area (Å²) in [7, 11) is 0. The first-order valence-electron chi connectivity index (χ1n) is 5.18. The summed E-state index contributed by atoms with van der Waals surface area (Å²) in [6, 6.07) is 7.92. The molecule has 1 nitrogen and oxygen atoms in total. The van der Waals surface area contributed by atoms with Crippen molar-refractivity contribution in [2.24, 2.45) is 0 Å². The van der Waals surface area contributed by atoms with Gasteiger partial charge in [-0.05, 0) is 30.3 Å². The molecule has 0 atom stereocenters. The van der Waals surface area contributed by atoms with E-state index in [-0.39, 0.29) is 26.9 Å². The Morgan fingerprint density at radius 3 is 2.21 bits per heavy atom. The van der Waals surface area contributed by atoms with E-state index in [0.717, 1.165) is 18.2 Å². The van der Waals surface area contributed by atoms with E-state index in [0.29, 0.717) is 0 Å². The van der Waals surface area contributed by atoms with E-state index in [1.165, 1.54) is 12.1 Å². The Labute approximate surface area is 117 Å². The minimum absolute atomic E-state index is 0.00810. The van der Waals surface area contributed by atoms with Crippen LogP contribution in [0.1, 0.15) is 0 Å². The molecule has 0 heterocycles. The monoisotopic (exact) mass is 306 g/mol. The minimum Gasteiger partial charge on any atom is -0.435 e. The number of halogens is 5. The second kappa shape index (κ2) is 5.72. The second-order valence-electron chi connectivity index (χ2n) is 3.62. The van der Waals surface area contributed by atoms with Crippen LogP contribution < -0.4 is 4.74 Å². The van der Waals surface area contributed by atoms with E-state index in [2.05, 4.69) is 4.74 Å². The van der Waals surface area contributed by atoms with Crippen LogP contribution in [0.4, 0.5) is 13.2 Å². The third-order valence-corrected chi connectivity index (χ3v) is 3.03. The van der Waals surface area contributed by atoms with Gasteiger partial charge in [-0.2, -0.15) is 8.78 Å². The summed E-state index contributed by atoms with van der Waals surface area (Å²) in [5, 5.41) is 0.446. The molecule has 0 aliphatic carbocycles. The number of hydrogen-bond acceptors (Lipinski definition) is 1. The van der Waals surface area contributed by atoms with E-state index in [1.807, 2.05) is 0 Å². The molecule has 0 radical (unpaired) electrons. The van der Waals surface area contributed by atoms with Crippen molar-refractivity contribution < 1.29 is 17.9 Å². The van der Waals surface area contributed by atoms with Crippen molar-refractivity contribution in [2.75, 3.05) is 0 Å². The van der Waals surface area contributed by atoms with E-state index < -0.39 is 12.4 Å². The molecule has 0 aliphatic heterocycles. The van der Waals surface area contributed by atoms with Crippen molar-refractivity contribution in [1.82, 2.24) is 0 Å². The van der Waals surface area contributed by atoms with E-state index in [1.54, 1.807) is 6.07 Å². The van der Waals surface area contributed by atoms with E-state index >= 15 is 0 Å². The molecule has 2 aromatic rings. The van der Waals surface area contributed by atoms with Crippen LogP contribution >= 0.6 is 23.2 Å². The average molecular weight is 307 g/mol. The summed E-state index contributed by atoms with van der Waals surface area (Å²) in [5.74, 6) is -0.793. The van der Waals surface area contributed by atoms with E-state index in [4.69, 9.17) is 23.2 Å². The molecule has 19 heavy (non-hydrogen) atoms. The molecule has 2 aromatic carbocycles. The summed E-state index contributed by atoms with van der Waals surface area (Å²) in [4.78, 5) is 0. The quantitative estimate of drug-likeness (QED) is 0.737. The van der Waals surface area contributed by atoms with Gasteiger partial charge >= 0.3 is 6.61 Å². The SMILES string of the molecule is Fc1ccc(OC(F)F)cc1-c1c(Cl)cccc1Cl. The Balaban J connectivity index is 2.55. The van der Waals surface area contributed by atoms with E-state index in [9.17, 15) is 13.2 Å². The summed E-state index contributed by atoms with van der Waals surface area (Å²) in [6.45, 7) is -2.99. The van der Waals surface area contributed by atoms with Gasteiger partial charge in [0.05, 0.1) is 0 Å². The number of hydrogen-bond donors (Lipinski definition) is 0. The fraction of sp³-hybridized carbons (Fsp3) is 0.0769. The predicted molar refractivity (Wildman–Crippen MR) is 68.5 cm³/mol. The summed E-state index contributed by atoms with van der Waals surface area (Å²) >= 11 is 11.9. The van der Waals surface area contributed by atoms with Crippen molar-refractivity contribution in [3.05, 3.63) is 52.3 Å². The van der Waals surface area contributed by atoms with Crippen LogP contribution in [0, 0.1) is 5.82 Å². The zero-order valence-corrected chi connectivity index (χ0v) is 10.9. The molecule has 0 N–H and O–H groups in total. The van der Waals surface area contributed by atoms with Crippen LogP contribution in [-0.2, 0) is 0 Å². The Kier molecular flexibility index (Phi) is 4.22. The molecule has 0 saturated carbocycles. The minimum atomic E-state index is -2.99. The zero-order chi connectivity index (χ0) is 14.0. The Morgan fingerprint density at radius 1 is 1.00 bits per heavy atom. The molecule has 100 valence electrons. The molecule has 6 heteroatoms. The van der Waals surface area contributed by atoms with Gasteiger partial charge in [0.1, 0.15) is 11.6 Å². The molecule has 0 saturated heterocycles. The first-order valence-corrected chi connectivity index (χ1v) is 5.93. The number of ether oxygens (including phenoxy) is 1. The highest BCUT2D eigenvalue weighted by atomic mass is 35.5. The van der Waals surface area contributed by atoms with Gasteiger partial charge in [0.15, 0.2) is 0 Å². The van der Waals surface area contributed by atoms with Crippen molar-refractivity contribution in [2.45, 2.75) is 6.61 Å². The average Bonchev–Trinajstić information content (AvgIpc) is 2.32. The summed E-state index contributed by atoms with van der Waals surface area (Å²) < 4.78 is 42.3. The lowest BCUT2D eigenvalue weighted by molar-refractivity contribution is -0.0498. The maximum Gasteiger partial charge on any atom is 0.387 e. The fourth-order valence-electron chi connectivity index (χ4n) is 1.63. The largest absolute Gasteiger partial charge is 0.435 e. The first-order chi connectivity index (χ1) is 8.99. The number of rotatable bonds is 3. The molecular formula is C13H7Cl2F3O. The highest BCUT2D eigenvalue weighted by molar-refractivity contribution is 6.39. The van der Waals surface area contributed by atoms with Crippen molar-refractivity contribution in [1.29, 1.82) is 0 Å². The zero-order valence-electron chi connectivity index (χ0n) is 9.34. The van der Waals surface area contributed by atoms with Crippen LogP contribution in [-0.4, -0.2) is 6.61 Å². The second-order valence-corrected chi connectivity index (χ2v) is 4.43. The van der Waals surface area contributed by atoms with Crippen LogP contribution in [0.25, 0.3) is 11.1 Å².